The van der Waals surface area contributed by atoms with Gasteiger partial charge in [-0.15, -0.1) is 0 Å². The summed E-state index contributed by atoms with van der Waals surface area (Å²) in [6.45, 7) is 5.22. The van der Waals surface area contributed by atoms with Crippen LogP contribution in [-0.4, -0.2) is 13.2 Å². The number of ether oxygens (including phenoxy) is 2. The van der Waals surface area contributed by atoms with Gasteiger partial charge in [0, 0.05) is 32.7 Å². The minimum absolute atomic E-state index is 0.269. The summed E-state index contributed by atoms with van der Waals surface area (Å²) in [5, 5.41) is 4.55. The molecular weight excluding hydrogens is 413 g/mol. The molecule has 0 aliphatic rings. The van der Waals surface area contributed by atoms with Gasteiger partial charge in [-0.25, -0.2) is 0 Å². The molecular formula is C18H20BrCl2NO2. The van der Waals surface area contributed by atoms with Crippen LogP contribution in [-0.2, 0) is 13.2 Å². The Labute approximate surface area is 161 Å². The summed E-state index contributed by atoms with van der Waals surface area (Å²) in [5.74, 6) is 1.30. The predicted octanol–water partition coefficient (Wildman–Crippen LogP) is 5.84. The molecule has 0 atom stereocenters. The van der Waals surface area contributed by atoms with E-state index in [1.54, 1.807) is 19.2 Å². The zero-order valence-electron chi connectivity index (χ0n) is 13.8. The monoisotopic (exact) mass is 431 g/mol. The summed E-state index contributed by atoms with van der Waals surface area (Å²) in [5.41, 5.74) is 1.85. The van der Waals surface area contributed by atoms with Crippen LogP contribution in [0.2, 0.25) is 10.0 Å². The Balaban J connectivity index is 2.19. The first-order valence-electron chi connectivity index (χ1n) is 7.57. The average Bonchev–Trinajstić information content (AvgIpc) is 2.53. The van der Waals surface area contributed by atoms with Gasteiger partial charge in [0.05, 0.1) is 7.11 Å². The summed E-state index contributed by atoms with van der Waals surface area (Å²) in [7, 11) is 1.62. The Hall–Kier alpha value is -0.940. The molecule has 6 heteroatoms. The van der Waals surface area contributed by atoms with Crippen LogP contribution >= 0.6 is 39.1 Å². The molecule has 1 N–H and O–H groups in total. The van der Waals surface area contributed by atoms with Gasteiger partial charge in [0.15, 0.2) is 11.5 Å². The standard InChI is InChI=1S/C18H20BrCl2NO2/c1-11(2)22-9-12-7-17(23-3)18(8-14(12)19)24-10-13-15(20)5-4-6-16(13)21/h4-8,11,22H,9-10H2,1-3H3. The Morgan fingerprint density at radius 3 is 2.38 bits per heavy atom. The van der Waals surface area contributed by atoms with E-state index in [1.807, 2.05) is 18.2 Å². The van der Waals surface area contributed by atoms with E-state index < -0.39 is 0 Å². The maximum Gasteiger partial charge on any atom is 0.162 e. The first-order valence-corrected chi connectivity index (χ1v) is 9.12. The van der Waals surface area contributed by atoms with Crippen molar-refractivity contribution in [2.75, 3.05) is 7.11 Å². The van der Waals surface area contributed by atoms with Crippen molar-refractivity contribution in [3.63, 3.8) is 0 Å². The van der Waals surface area contributed by atoms with E-state index in [0.29, 0.717) is 27.6 Å². The Morgan fingerprint density at radius 1 is 1.12 bits per heavy atom. The third-order valence-electron chi connectivity index (χ3n) is 3.47. The Morgan fingerprint density at radius 2 is 1.79 bits per heavy atom. The number of hydrogen-bond donors (Lipinski definition) is 1. The predicted molar refractivity (Wildman–Crippen MR) is 103 cm³/mol. The number of rotatable bonds is 7. The van der Waals surface area contributed by atoms with Crippen LogP contribution in [0.15, 0.2) is 34.8 Å². The molecule has 2 aromatic rings. The van der Waals surface area contributed by atoms with E-state index in [9.17, 15) is 0 Å². The third-order valence-corrected chi connectivity index (χ3v) is 4.91. The fraction of sp³-hybridized carbons (Fsp3) is 0.333. The van der Waals surface area contributed by atoms with Crippen molar-refractivity contribution < 1.29 is 9.47 Å². The Kier molecular flexibility index (Phi) is 7.23. The number of hydrogen-bond acceptors (Lipinski definition) is 3. The molecule has 0 spiro atoms. The number of benzene rings is 2. The molecule has 0 aliphatic carbocycles. The highest BCUT2D eigenvalue weighted by atomic mass is 79.9. The van der Waals surface area contributed by atoms with Crippen LogP contribution in [0, 0.1) is 0 Å². The third kappa shape index (κ3) is 5.03. The van der Waals surface area contributed by atoms with Crippen molar-refractivity contribution >= 4 is 39.1 Å². The molecule has 2 rings (SSSR count). The SMILES string of the molecule is COc1cc(CNC(C)C)c(Br)cc1OCc1c(Cl)cccc1Cl. The maximum atomic E-state index is 6.18. The van der Waals surface area contributed by atoms with E-state index in [1.165, 1.54) is 0 Å². The van der Waals surface area contributed by atoms with E-state index in [4.69, 9.17) is 32.7 Å². The van der Waals surface area contributed by atoms with Crippen molar-refractivity contribution in [2.45, 2.75) is 33.0 Å². The van der Waals surface area contributed by atoms with Crippen molar-refractivity contribution in [2.24, 2.45) is 0 Å². The van der Waals surface area contributed by atoms with Crippen molar-refractivity contribution in [3.05, 3.63) is 56.0 Å². The molecule has 0 aliphatic heterocycles. The van der Waals surface area contributed by atoms with Gasteiger partial charge in [0.1, 0.15) is 6.61 Å². The number of nitrogens with one attached hydrogen (secondary N) is 1. The molecule has 0 bridgehead atoms. The lowest BCUT2D eigenvalue weighted by molar-refractivity contribution is 0.284. The summed E-state index contributed by atoms with van der Waals surface area (Å²) in [4.78, 5) is 0. The summed E-state index contributed by atoms with van der Waals surface area (Å²) < 4.78 is 12.3. The highest BCUT2D eigenvalue weighted by Crippen LogP contribution is 2.35. The molecule has 0 fully saturated rings. The van der Waals surface area contributed by atoms with Crippen molar-refractivity contribution in [3.8, 4) is 11.5 Å². The first kappa shape index (κ1) is 19.4. The lowest BCUT2D eigenvalue weighted by atomic mass is 10.2. The van der Waals surface area contributed by atoms with Crippen LogP contribution in [0.3, 0.4) is 0 Å². The molecule has 3 nitrogen and oxygen atoms in total. The van der Waals surface area contributed by atoms with Gasteiger partial charge >= 0.3 is 0 Å². The fourth-order valence-electron chi connectivity index (χ4n) is 2.12. The molecule has 0 radical (unpaired) electrons. The lowest BCUT2D eigenvalue weighted by Crippen LogP contribution is -2.22. The highest BCUT2D eigenvalue weighted by molar-refractivity contribution is 9.10. The molecule has 0 heterocycles. The number of halogens is 3. The van der Waals surface area contributed by atoms with Crippen LogP contribution in [0.25, 0.3) is 0 Å². The number of methoxy groups -OCH3 is 1. The van der Waals surface area contributed by atoms with Crippen LogP contribution < -0.4 is 14.8 Å². The molecule has 0 unspecified atom stereocenters. The maximum absolute atomic E-state index is 6.18. The largest absolute Gasteiger partial charge is 0.493 e. The van der Waals surface area contributed by atoms with E-state index in [0.717, 1.165) is 22.1 Å². The summed E-state index contributed by atoms with van der Waals surface area (Å²) in [6.07, 6.45) is 0. The highest BCUT2D eigenvalue weighted by Gasteiger charge is 2.13. The van der Waals surface area contributed by atoms with E-state index >= 15 is 0 Å². The molecule has 0 saturated carbocycles. The topological polar surface area (TPSA) is 30.5 Å². The molecule has 24 heavy (non-hydrogen) atoms. The average molecular weight is 433 g/mol. The van der Waals surface area contributed by atoms with Gasteiger partial charge < -0.3 is 14.8 Å². The van der Waals surface area contributed by atoms with E-state index in [-0.39, 0.29) is 6.61 Å². The fourth-order valence-corrected chi connectivity index (χ4v) is 3.09. The Bertz CT molecular complexity index is 687. The van der Waals surface area contributed by atoms with Crippen LogP contribution in [0.4, 0.5) is 0 Å². The van der Waals surface area contributed by atoms with Gasteiger partial charge in [-0.2, -0.15) is 0 Å². The summed E-state index contributed by atoms with van der Waals surface area (Å²) >= 11 is 16.0. The van der Waals surface area contributed by atoms with Gasteiger partial charge in [-0.05, 0) is 29.8 Å². The molecule has 0 saturated heterocycles. The molecule has 0 amide bonds. The van der Waals surface area contributed by atoms with E-state index in [2.05, 4.69) is 35.1 Å². The van der Waals surface area contributed by atoms with Gasteiger partial charge in [0.25, 0.3) is 0 Å². The van der Waals surface area contributed by atoms with Gasteiger partial charge in [-0.1, -0.05) is 59.0 Å². The zero-order chi connectivity index (χ0) is 17.7. The first-order chi connectivity index (χ1) is 11.4. The van der Waals surface area contributed by atoms with Crippen molar-refractivity contribution in [1.29, 1.82) is 0 Å². The second kappa shape index (κ2) is 8.95. The van der Waals surface area contributed by atoms with Crippen LogP contribution in [0.5, 0.6) is 11.5 Å². The second-order valence-electron chi connectivity index (χ2n) is 5.62. The minimum atomic E-state index is 0.269. The van der Waals surface area contributed by atoms with Gasteiger partial charge in [0.2, 0.25) is 0 Å². The molecule has 2 aromatic carbocycles. The normalized spacial score (nSPS) is 11.0. The molecule has 130 valence electrons. The van der Waals surface area contributed by atoms with Crippen molar-refractivity contribution in [1.82, 2.24) is 5.32 Å². The second-order valence-corrected chi connectivity index (χ2v) is 7.29. The smallest absolute Gasteiger partial charge is 0.162 e. The summed E-state index contributed by atoms with van der Waals surface area (Å²) in [6, 6.07) is 9.66. The lowest BCUT2D eigenvalue weighted by Gasteiger charge is -2.16. The zero-order valence-corrected chi connectivity index (χ0v) is 16.9. The van der Waals surface area contributed by atoms with Crippen LogP contribution in [0.1, 0.15) is 25.0 Å². The minimum Gasteiger partial charge on any atom is -0.493 e. The molecule has 0 aromatic heterocycles. The van der Waals surface area contributed by atoms with Gasteiger partial charge in [-0.3, -0.25) is 0 Å². The quantitative estimate of drug-likeness (QED) is 0.595.